The standard InChI is InChI=1S/C13H26Si/c1-7-11-14(10-4,12(5)8-2)13(6)9-3/h8-9H,7,10-11H2,1-6H3. The Labute approximate surface area is 91.1 Å². The summed E-state index contributed by atoms with van der Waals surface area (Å²) in [5, 5.41) is 3.33. The van der Waals surface area contributed by atoms with Crippen molar-refractivity contribution in [1.29, 1.82) is 0 Å². The van der Waals surface area contributed by atoms with Crippen LogP contribution in [0, 0.1) is 0 Å². The highest BCUT2D eigenvalue weighted by molar-refractivity contribution is 6.92. The molecule has 0 amide bonds. The molecule has 14 heavy (non-hydrogen) atoms. The average Bonchev–Trinajstić information content (AvgIpc) is 2.23. The zero-order valence-corrected chi connectivity index (χ0v) is 11.8. The largest absolute Gasteiger partial charge is 0.107 e. The third-order valence-electron chi connectivity index (χ3n) is 3.66. The van der Waals surface area contributed by atoms with Crippen molar-refractivity contribution in [2.45, 2.75) is 60.1 Å². The fraction of sp³-hybridized carbons (Fsp3) is 0.692. The van der Waals surface area contributed by atoms with Crippen molar-refractivity contribution in [1.82, 2.24) is 0 Å². The van der Waals surface area contributed by atoms with Crippen LogP contribution in [0.4, 0.5) is 0 Å². The SMILES string of the molecule is CC=C(C)[Si](CC)(CCC)C(C)=CC. The van der Waals surface area contributed by atoms with Crippen LogP contribution in [0.3, 0.4) is 0 Å². The zero-order chi connectivity index (χ0) is 11.2. The van der Waals surface area contributed by atoms with Crippen LogP contribution in [0.5, 0.6) is 0 Å². The number of hydrogen-bond acceptors (Lipinski definition) is 0. The third-order valence-corrected chi connectivity index (χ3v) is 9.81. The summed E-state index contributed by atoms with van der Waals surface area (Å²) in [6.45, 7) is 13.7. The van der Waals surface area contributed by atoms with E-state index in [-0.39, 0.29) is 0 Å². The van der Waals surface area contributed by atoms with E-state index in [1.54, 1.807) is 10.4 Å². The van der Waals surface area contributed by atoms with E-state index >= 15 is 0 Å². The summed E-state index contributed by atoms with van der Waals surface area (Å²) in [4.78, 5) is 0. The first-order valence-corrected chi connectivity index (χ1v) is 8.27. The maximum atomic E-state index is 2.36. The molecule has 0 N–H and O–H groups in total. The first-order valence-electron chi connectivity index (χ1n) is 5.85. The van der Waals surface area contributed by atoms with Crippen LogP contribution < -0.4 is 0 Å². The molecular formula is C13H26Si. The Balaban J connectivity index is 5.19. The lowest BCUT2D eigenvalue weighted by Gasteiger charge is -2.33. The molecule has 0 aromatic heterocycles. The molecule has 0 aromatic carbocycles. The molecule has 0 fully saturated rings. The summed E-state index contributed by atoms with van der Waals surface area (Å²) in [5.41, 5.74) is 0. The van der Waals surface area contributed by atoms with E-state index in [4.69, 9.17) is 0 Å². The molecule has 0 heterocycles. The van der Waals surface area contributed by atoms with Crippen molar-refractivity contribution >= 4 is 8.07 Å². The van der Waals surface area contributed by atoms with Crippen LogP contribution in [0.1, 0.15) is 48.0 Å². The molecule has 0 aliphatic rings. The smallest absolute Gasteiger partial charge is 0.0922 e. The maximum absolute atomic E-state index is 2.36. The maximum Gasteiger partial charge on any atom is 0.107 e. The van der Waals surface area contributed by atoms with Gasteiger partial charge in [-0.25, -0.2) is 0 Å². The predicted octanol–water partition coefficient (Wildman–Crippen LogP) is 4.88. The minimum absolute atomic E-state index is 1.25. The summed E-state index contributed by atoms with van der Waals surface area (Å²) in [7, 11) is -1.25. The van der Waals surface area contributed by atoms with E-state index < -0.39 is 8.07 Å². The number of rotatable bonds is 5. The van der Waals surface area contributed by atoms with Crippen LogP contribution in [0.25, 0.3) is 0 Å². The molecule has 0 saturated heterocycles. The topological polar surface area (TPSA) is 0 Å². The molecule has 0 aromatic rings. The molecular weight excluding hydrogens is 184 g/mol. The molecule has 0 rings (SSSR count). The summed E-state index contributed by atoms with van der Waals surface area (Å²) in [6.07, 6.45) is 5.98. The van der Waals surface area contributed by atoms with Gasteiger partial charge in [0.25, 0.3) is 0 Å². The normalized spacial score (nSPS) is 18.1. The van der Waals surface area contributed by atoms with Gasteiger partial charge < -0.3 is 0 Å². The molecule has 0 radical (unpaired) electrons. The Morgan fingerprint density at radius 1 is 1.00 bits per heavy atom. The lowest BCUT2D eigenvalue weighted by molar-refractivity contribution is 1.03. The summed E-state index contributed by atoms with van der Waals surface area (Å²) in [6, 6.07) is 2.77. The molecule has 0 atom stereocenters. The highest BCUT2D eigenvalue weighted by Gasteiger charge is 2.32. The molecule has 0 nitrogen and oxygen atoms in total. The van der Waals surface area contributed by atoms with Gasteiger partial charge in [-0.15, -0.1) is 0 Å². The van der Waals surface area contributed by atoms with E-state index in [0.717, 1.165) is 0 Å². The lowest BCUT2D eigenvalue weighted by atomic mass is 10.5. The van der Waals surface area contributed by atoms with Crippen molar-refractivity contribution in [2.75, 3.05) is 0 Å². The Morgan fingerprint density at radius 2 is 1.43 bits per heavy atom. The van der Waals surface area contributed by atoms with Crippen molar-refractivity contribution in [3.05, 3.63) is 22.5 Å². The molecule has 0 unspecified atom stereocenters. The fourth-order valence-electron chi connectivity index (χ4n) is 2.42. The van der Waals surface area contributed by atoms with Crippen molar-refractivity contribution in [2.24, 2.45) is 0 Å². The minimum Gasteiger partial charge on any atom is -0.0922 e. The highest BCUT2D eigenvalue weighted by atomic mass is 28.3. The number of hydrogen-bond donors (Lipinski definition) is 0. The molecule has 82 valence electrons. The van der Waals surface area contributed by atoms with Crippen molar-refractivity contribution in [3.63, 3.8) is 0 Å². The molecule has 0 bridgehead atoms. The van der Waals surface area contributed by atoms with Crippen LogP contribution in [-0.2, 0) is 0 Å². The van der Waals surface area contributed by atoms with Gasteiger partial charge in [0, 0.05) is 0 Å². The summed E-state index contributed by atoms with van der Waals surface area (Å²) >= 11 is 0. The quantitative estimate of drug-likeness (QED) is 0.568. The molecule has 0 aliphatic carbocycles. The third kappa shape index (κ3) is 2.60. The van der Waals surface area contributed by atoms with Gasteiger partial charge >= 0.3 is 0 Å². The second-order valence-electron chi connectivity index (χ2n) is 4.13. The van der Waals surface area contributed by atoms with E-state index in [1.165, 1.54) is 18.5 Å². The molecule has 0 saturated carbocycles. The molecule has 0 spiro atoms. The van der Waals surface area contributed by atoms with E-state index in [2.05, 4.69) is 53.7 Å². The monoisotopic (exact) mass is 210 g/mol. The van der Waals surface area contributed by atoms with Crippen molar-refractivity contribution < 1.29 is 0 Å². The van der Waals surface area contributed by atoms with E-state index in [0.29, 0.717) is 0 Å². The Hall–Kier alpha value is -0.303. The zero-order valence-electron chi connectivity index (χ0n) is 10.8. The first kappa shape index (κ1) is 13.7. The van der Waals surface area contributed by atoms with Crippen LogP contribution >= 0.6 is 0 Å². The van der Waals surface area contributed by atoms with Gasteiger partial charge in [-0.3, -0.25) is 0 Å². The predicted molar refractivity (Wildman–Crippen MR) is 70.2 cm³/mol. The average molecular weight is 210 g/mol. The van der Waals surface area contributed by atoms with Crippen LogP contribution in [0.2, 0.25) is 12.1 Å². The van der Waals surface area contributed by atoms with Crippen molar-refractivity contribution in [3.8, 4) is 0 Å². The highest BCUT2D eigenvalue weighted by Crippen LogP contribution is 2.32. The summed E-state index contributed by atoms with van der Waals surface area (Å²) < 4.78 is 0. The Bertz CT molecular complexity index is 205. The molecule has 0 aliphatic heterocycles. The van der Waals surface area contributed by atoms with Gasteiger partial charge in [-0.1, -0.05) is 54.9 Å². The van der Waals surface area contributed by atoms with Gasteiger partial charge in [0.2, 0.25) is 0 Å². The minimum atomic E-state index is -1.25. The van der Waals surface area contributed by atoms with Crippen LogP contribution in [0.15, 0.2) is 22.5 Å². The fourth-order valence-corrected chi connectivity index (χ4v) is 7.26. The van der Waals surface area contributed by atoms with Gasteiger partial charge in [0.1, 0.15) is 8.07 Å². The second kappa shape index (κ2) is 6.23. The molecule has 1 heteroatoms. The van der Waals surface area contributed by atoms with Gasteiger partial charge in [-0.2, -0.15) is 0 Å². The Kier molecular flexibility index (Phi) is 6.10. The second-order valence-corrected chi connectivity index (χ2v) is 9.08. The number of allylic oxidation sites excluding steroid dienone is 4. The first-order chi connectivity index (χ1) is 6.58. The van der Waals surface area contributed by atoms with E-state index in [1.807, 2.05) is 0 Å². The lowest BCUT2D eigenvalue weighted by Crippen LogP contribution is -2.37. The van der Waals surface area contributed by atoms with Crippen LogP contribution in [-0.4, -0.2) is 8.07 Å². The Morgan fingerprint density at radius 3 is 1.64 bits per heavy atom. The van der Waals surface area contributed by atoms with Gasteiger partial charge in [-0.05, 0) is 27.7 Å². The van der Waals surface area contributed by atoms with E-state index in [9.17, 15) is 0 Å². The van der Waals surface area contributed by atoms with Gasteiger partial charge in [0.05, 0.1) is 0 Å². The summed E-state index contributed by atoms with van der Waals surface area (Å²) in [5.74, 6) is 0. The van der Waals surface area contributed by atoms with Gasteiger partial charge in [0.15, 0.2) is 0 Å².